The van der Waals surface area contributed by atoms with Crippen molar-refractivity contribution >= 4 is 23.8 Å². The molecule has 1 aromatic heterocycles. The summed E-state index contributed by atoms with van der Waals surface area (Å²) >= 11 is 0. The maximum atomic E-state index is 13.3. The Morgan fingerprint density at radius 3 is 2.58 bits per heavy atom. The molecular weight excluding hydrogens is 426 g/mol. The molecule has 0 spiro atoms. The Morgan fingerprint density at radius 1 is 1.18 bits per heavy atom. The van der Waals surface area contributed by atoms with Crippen LogP contribution >= 0.6 is 0 Å². The first-order valence-electron chi connectivity index (χ1n) is 10.5. The topological polar surface area (TPSA) is 147 Å². The summed E-state index contributed by atoms with van der Waals surface area (Å²) in [6.45, 7) is 3.99. The minimum atomic E-state index is -1.06. The van der Waals surface area contributed by atoms with Gasteiger partial charge in [-0.1, -0.05) is 36.4 Å². The highest BCUT2D eigenvalue weighted by Crippen LogP contribution is 2.22. The number of rotatable bonds is 9. The number of amides is 5. The molecule has 2 aromatic rings. The van der Waals surface area contributed by atoms with Gasteiger partial charge in [-0.25, -0.2) is 4.79 Å². The van der Waals surface area contributed by atoms with E-state index in [9.17, 15) is 19.2 Å². The van der Waals surface area contributed by atoms with Crippen molar-refractivity contribution in [1.29, 1.82) is 0 Å². The smallest absolute Gasteiger partial charge is 0.315 e. The monoisotopic (exact) mass is 453 g/mol. The van der Waals surface area contributed by atoms with Gasteiger partial charge in [-0.15, -0.1) is 6.58 Å². The summed E-state index contributed by atoms with van der Waals surface area (Å²) in [5, 5.41) is 7.97. The maximum absolute atomic E-state index is 13.3. The zero-order valence-electron chi connectivity index (χ0n) is 18.0. The minimum Gasteiger partial charge on any atom is -0.459 e. The van der Waals surface area contributed by atoms with Gasteiger partial charge in [-0.2, -0.15) is 0 Å². The number of urea groups is 1. The van der Waals surface area contributed by atoms with Crippen LogP contribution in [0.2, 0.25) is 0 Å². The highest BCUT2D eigenvalue weighted by Gasteiger charge is 2.44. The number of nitrogens with zero attached hydrogens (tertiary/aromatic N) is 1. The van der Waals surface area contributed by atoms with Crippen molar-refractivity contribution in [3.63, 3.8) is 0 Å². The molecule has 1 fully saturated rings. The van der Waals surface area contributed by atoms with E-state index in [1.165, 1.54) is 23.3 Å². The molecule has 0 aliphatic carbocycles. The van der Waals surface area contributed by atoms with Gasteiger partial charge in [-0.05, 0) is 24.1 Å². The van der Waals surface area contributed by atoms with Crippen molar-refractivity contribution in [2.24, 2.45) is 5.73 Å². The van der Waals surface area contributed by atoms with E-state index in [1.807, 2.05) is 30.3 Å². The second-order valence-corrected chi connectivity index (χ2v) is 7.61. The van der Waals surface area contributed by atoms with E-state index in [4.69, 9.17) is 10.2 Å². The van der Waals surface area contributed by atoms with Crippen molar-refractivity contribution in [3.8, 4) is 0 Å². The van der Waals surface area contributed by atoms with Crippen molar-refractivity contribution in [1.82, 2.24) is 20.9 Å². The Balaban J connectivity index is 1.80. The molecule has 0 radical (unpaired) electrons. The Bertz CT molecular complexity index is 992. The third kappa shape index (κ3) is 6.00. The Morgan fingerprint density at radius 2 is 1.94 bits per heavy atom. The fourth-order valence-electron chi connectivity index (χ4n) is 3.75. The first-order chi connectivity index (χ1) is 15.9. The lowest BCUT2D eigenvalue weighted by Gasteiger charge is -2.28. The first-order valence-corrected chi connectivity index (χ1v) is 10.5. The fourth-order valence-corrected chi connectivity index (χ4v) is 3.75. The number of nitrogens with two attached hydrogens (primary N) is 1. The van der Waals surface area contributed by atoms with Crippen molar-refractivity contribution in [3.05, 3.63) is 72.7 Å². The maximum Gasteiger partial charge on any atom is 0.315 e. The summed E-state index contributed by atoms with van der Waals surface area (Å²) in [6.07, 6.45) is 3.41. The summed E-state index contributed by atoms with van der Waals surface area (Å²) < 4.78 is 5.20. The first kappa shape index (κ1) is 23.6. The quantitative estimate of drug-likeness (QED) is 0.410. The molecule has 3 rings (SSSR count). The molecule has 1 saturated heterocycles. The molecule has 10 heteroatoms. The SMILES string of the molecule is C=CCNC(=O)NC1CCN(C(=O)c2ccco2)C1C(=O)NC(Cc1ccccc1)C(N)=O. The number of benzene rings is 1. The molecule has 5 amide bonds. The van der Waals surface area contributed by atoms with Crippen LogP contribution in [0.15, 0.2) is 65.8 Å². The highest BCUT2D eigenvalue weighted by atomic mass is 16.3. The summed E-state index contributed by atoms with van der Waals surface area (Å²) in [6, 6.07) is 8.94. The van der Waals surface area contributed by atoms with E-state index in [-0.39, 0.29) is 25.3 Å². The van der Waals surface area contributed by atoms with Crippen LogP contribution in [0, 0.1) is 0 Å². The van der Waals surface area contributed by atoms with Gasteiger partial charge in [0.05, 0.1) is 12.3 Å². The molecule has 1 aliphatic heterocycles. The predicted molar refractivity (Wildman–Crippen MR) is 120 cm³/mol. The number of furan rings is 1. The molecule has 10 nitrogen and oxygen atoms in total. The van der Waals surface area contributed by atoms with Crippen LogP contribution < -0.4 is 21.7 Å². The zero-order chi connectivity index (χ0) is 23.8. The molecule has 33 heavy (non-hydrogen) atoms. The van der Waals surface area contributed by atoms with Gasteiger partial charge in [0.2, 0.25) is 11.8 Å². The van der Waals surface area contributed by atoms with Crippen LogP contribution in [-0.2, 0) is 16.0 Å². The Labute approximate surface area is 191 Å². The van der Waals surface area contributed by atoms with Crippen LogP contribution in [0.25, 0.3) is 0 Å². The molecule has 0 saturated carbocycles. The number of nitrogens with one attached hydrogen (secondary N) is 3. The van der Waals surface area contributed by atoms with Gasteiger partial charge in [0, 0.05) is 19.5 Å². The van der Waals surface area contributed by atoms with Crippen molar-refractivity contribution in [2.45, 2.75) is 31.0 Å². The van der Waals surface area contributed by atoms with E-state index in [2.05, 4.69) is 22.5 Å². The predicted octanol–water partition coefficient (Wildman–Crippen LogP) is 0.561. The largest absolute Gasteiger partial charge is 0.459 e. The van der Waals surface area contributed by atoms with E-state index < -0.39 is 41.9 Å². The standard InChI is InChI=1S/C23H27N5O5/c1-2-11-25-23(32)27-16-10-12-28(22(31)18-9-6-13-33-18)19(16)21(30)26-17(20(24)29)14-15-7-4-3-5-8-15/h2-9,13,16-17,19H,1,10-12,14H2,(H2,24,29)(H,26,30)(H2,25,27,32). The third-order valence-electron chi connectivity index (χ3n) is 5.33. The second-order valence-electron chi connectivity index (χ2n) is 7.61. The van der Waals surface area contributed by atoms with Gasteiger partial charge in [0.25, 0.3) is 5.91 Å². The molecule has 1 aliphatic rings. The van der Waals surface area contributed by atoms with Crippen LogP contribution in [-0.4, -0.2) is 59.9 Å². The van der Waals surface area contributed by atoms with Crippen LogP contribution in [0.1, 0.15) is 22.5 Å². The van der Waals surface area contributed by atoms with E-state index in [1.54, 1.807) is 6.07 Å². The molecule has 174 valence electrons. The van der Waals surface area contributed by atoms with Crippen LogP contribution in [0.3, 0.4) is 0 Å². The lowest BCUT2D eigenvalue weighted by atomic mass is 10.0. The van der Waals surface area contributed by atoms with E-state index in [0.717, 1.165) is 5.56 Å². The fraction of sp³-hybridized carbons (Fsp3) is 0.304. The van der Waals surface area contributed by atoms with Crippen LogP contribution in [0.5, 0.6) is 0 Å². The van der Waals surface area contributed by atoms with Crippen molar-refractivity contribution < 1.29 is 23.6 Å². The summed E-state index contributed by atoms with van der Waals surface area (Å²) in [5.74, 6) is -1.72. The molecule has 2 heterocycles. The van der Waals surface area contributed by atoms with E-state index >= 15 is 0 Å². The average Bonchev–Trinajstić information content (AvgIpc) is 3.48. The minimum absolute atomic E-state index is 0.0697. The zero-order valence-corrected chi connectivity index (χ0v) is 18.0. The third-order valence-corrected chi connectivity index (χ3v) is 5.33. The number of carbonyl (C=O) groups is 4. The number of hydrogen-bond acceptors (Lipinski definition) is 5. The summed E-state index contributed by atoms with van der Waals surface area (Å²) in [7, 11) is 0. The average molecular weight is 453 g/mol. The number of carbonyl (C=O) groups excluding carboxylic acids is 4. The molecule has 3 atom stereocenters. The Kier molecular flexibility index (Phi) is 7.85. The normalized spacial score (nSPS) is 18.2. The summed E-state index contributed by atoms with van der Waals surface area (Å²) in [4.78, 5) is 51.9. The second kappa shape index (κ2) is 11.0. The van der Waals surface area contributed by atoms with Crippen molar-refractivity contribution in [2.75, 3.05) is 13.1 Å². The van der Waals surface area contributed by atoms with Gasteiger partial charge in [0.15, 0.2) is 5.76 Å². The van der Waals surface area contributed by atoms with Gasteiger partial charge >= 0.3 is 6.03 Å². The summed E-state index contributed by atoms with van der Waals surface area (Å²) in [5.41, 5.74) is 6.35. The Hall–Kier alpha value is -4.08. The highest BCUT2D eigenvalue weighted by molar-refractivity contribution is 5.97. The molecule has 1 aromatic carbocycles. The number of primary amides is 1. The number of hydrogen-bond donors (Lipinski definition) is 4. The van der Waals surface area contributed by atoms with Gasteiger partial charge < -0.3 is 31.0 Å². The number of likely N-dealkylation sites (tertiary alicyclic amines) is 1. The van der Waals surface area contributed by atoms with Crippen LogP contribution in [0.4, 0.5) is 4.79 Å². The van der Waals surface area contributed by atoms with Gasteiger partial charge in [-0.3, -0.25) is 14.4 Å². The molecule has 5 N–H and O–H groups in total. The molecule has 3 unspecified atom stereocenters. The molecular formula is C23H27N5O5. The van der Waals surface area contributed by atoms with E-state index in [0.29, 0.717) is 6.42 Å². The lowest BCUT2D eigenvalue weighted by Crippen LogP contribution is -2.59. The lowest BCUT2D eigenvalue weighted by molar-refractivity contribution is -0.130. The molecule has 0 bridgehead atoms. The van der Waals surface area contributed by atoms with Gasteiger partial charge in [0.1, 0.15) is 12.1 Å².